The maximum atomic E-state index is 11.2. The van der Waals surface area contributed by atoms with E-state index in [1.54, 1.807) is 6.92 Å². The third kappa shape index (κ3) is 2.05. The highest BCUT2D eigenvalue weighted by Gasteiger charge is 2.28. The van der Waals surface area contributed by atoms with Crippen molar-refractivity contribution < 1.29 is 4.79 Å². The molecule has 0 saturated heterocycles. The molecule has 1 aliphatic carbocycles. The lowest BCUT2D eigenvalue weighted by Gasteiger charge is -2.30. The third-order valence-electron chi connectivity index (χ3n) is 2.98. The quantitative estimate of drug-likeness (QED) is 0.567. The lowest BCUT2D eigenvalue weighted by molar-refractivity contribution is -0.123. The molecule has 0 heterocycles. The molecule has 1 nitrogen and oxygen atoms in total. The van der Waals surface area contributed by atoms with Crippen molar-refractivity contribution in [2.24, 2.45) is 17.8 Å². The summed E-state index contributed by atoms with van der Waals surface area (Å²) in [7, 11) is 0. The Morgan fingerprint density at radius 2 is 1.91 bits per heavy atom. The van der Waals surface area contributed by atoms with Gasteiger partial charge in [-0.25, -0.2) is 0 Å². The predicted molar refractivity (Wildman–Crippen MR) is 46.4 cm³/mol. The minimum atomic E-state index is 0.360. The van der Waals surface area contributed by atoms with Gasteiger partial charge in [0.1, 0.15) is 5.78 Å². The number of carbonyl (C=O) groups excluding carboxylic acids is 1. The van der Waals surface area contributed by atoms with E-state index in [-0.39, 0.29) is 0 Å². The van der Waals surface area contributed by atoms with Gasteiger partial charge in [0.25, 0.3) is 0 Å². The van der Waals surface area contributed by atoms with Gasteiger partial charge in [-0.1, -0.05) is 20.3 Å². The smallest absolute Gasteiger partial charge is 0.133 e. The van der Waals surface area contributed by atoms with Crippen LogP contribution in [0.5, 0.6) is 0 Å². The van der Waals surface area contributed by atoms with E-state index in [4.69, 9.17) is 0 Å². The van der Waals surface area contributed by atoms with Gasteiger partial charge in [-0.05, 0) is 31.6 Å². The van der Waals surface area contributed by atoms with Crippen LogP contribution in [0.1, 0.15) is 40.0 Å². The highest BCUT2D eigenvalue weighted by molar-refractivity contribution is 5.78. The second-order valence-electron chi connectivity index (χ2n) is 4.11. The van der Waals surface area contributed by atoms with Gasteiger partial charge in [0.15, 0.2) is 0 Å². The monoisotopic (exact) mass is 154 g/mol. The van der Waals surface area contributed by atoms with E-state index in [1.807, 2.05) is 0 Å². The Hall–Kier alpha value is -0.330. The molecular formula is C10H18O. The first-order chi connectivity index (χ1) is 5.11. The van der Waals surface area contributed by atoms with Crippen molar-refractivity contribution in [1.82, 2.24) is 0 Å². The molecule has 1 heteroatoms. The van der Waals surface area contributed by atoms with Gasteiger partial charge in [0.2, 0.25) is 0 Å². The van der Waals surface area contributed by atoms with Crippen molar-refractivity contribution in [3.05, 3.63) is 0 Å². The lowest BCUT2D eigenvalue weighted by atomic mass is 9.74. The SMILES string of the molecule is CC(=O)[C@@H]1C[C@H](C)CC[C@H]1C. The van der Waals surface area contributed by atoms with Crippen LogP contribution in [0.15, 0.2) is 0 Å². The number of hydrogen-bond acceptors (Lipinski definition) is 1. The van der Waals surface area contributed by atoms with Crippen molar-refractivity contribution in [3.63, 3.8) is 0 Å². The molecule has 0 unspecified atom stereocenters. The van der Waals surface area contributed by atoms with E-state index in [9.17, 15) is 4.79 Å². The van der Waals surface area contributed by atoms with E-state index >= 15 is 0 Å². The number of ketones is 1. The molecule has 0 bridgehead atoms. The number of Topliss-reactive ketones (excluding diaryl/α,β-unsaturated/α-hetero) is 1. The molecule has 0 radical (unpaired) electrons. The Bertz CT molecular complexity index is 151. The van der Waals surface area contributed by atoms with E-state index in [2.05, 4.69) is 13.8 Å². The molecule has 0 aromatic heterocycles. The zero-order valence-corrected chi connectivity index (χ0v) is 7.76. The summed E-state index contributed by atoms with van der Waals surface area (Å²) in [6.07, 6.45) is 3.67. The second-order valence-corrected chi connectivity index (χ2v) is 4.11. The van der Waals surface area contributed by atoms with Crippen molar-refractivity contribution in [1.29, 1.82) is 0 Å². The normalized spacial score (nSPS) is 38.6. The lowest BCUT2D eigenvalue weighted by Crippen LogP contribution is -2.26. The molecule has 0 aromatic carbocycles. The summed E-state index contributed by atoms with van der Waals surface area (Å²) in [5.74, 6) is 2.14. The molecule has 0 aliphatic heterocycles. The Labute approximate surface area is 69.2 Å². The molecule has 0 aromatic rings. The Morgan fingerprint density at radius 1 is 1.27 bits per heavy atom. The first kappa shape index (κ1) is 8.76. The van der Waals surface area contributed by atoms with Crippen LogP contribution in [-0.2, 0) is 4.79 Å². The molecule has 1 fully saturated rings. The summed E-state index contributed by atoms with van der Waals surface area (Å²) >= 11 is 0. The summed E-state index contributed by atoms with van der Waals surface area (Å²) in [5, 5.41) is 0. The van der Waals surface area contributed by atoms with Crippen LogP contribution < -0.4 is 0 Å². The minimum Gasteiger partial charge on any atom is -0.300 e. The highest BCUT2D eigenvalue weighted by Crippen LogP contribution is 2.33. The van der Waals surface area contributed by atoms with Gasteiger partial charge in [0.05, 0.1) is 0 Å². The molecule has 0 amide bonds. The predicted octanol–water partition coefficient (Wildman–Crippen LogP) is 2.65. The van der Waals surface area contributed by atoms with E-state index in [1.165, 1.54) is 12.8 Å². The molecule has 1 aliphatic rings. The summed E-state index contributed by atoms with van der Waals surface area (Å²) in [5.41, 5.74) is 0. The summed E-state index contributed by atoms with van der Waals surface area (Å²) in [6, 6.07) is 0. The Kier molecular flexibility index (Phi) is 2.69. The summed E-state index contributed by atoms with van der Waals surface area (Å²) in [4.78, 5) is 11.2. The zero-order valence-electron chi connectivity index (χ0n) is 7.76. The third-order valence-corrected chi connectivity index (χ3v) is 2.98. The van der Waals surface area contributed by atoms with E-state index < -0.39 is 0 Å². The summed E-state index contributed by atoms with van der Waals surface area (Å²) < 4.78 is 0. The standard InChI is InChI=1S/C10H18O/c1-7-4-5-8(2)10(6-7)9(3)11/h7-8,10H,4-6H2,1-3H3/t7-,8-,10-/m1/s1. The molecule has 1 saturated carbocycles. The molecule has 0 N–H and O–H groups in total. The first-order valence-corrected chi connectivity index (χ1v) is 4.61. The fourth-order valence-electron chi connectivity index (χ4n) is 2.10. The number of hydrogen-bond donors (Lipinski definition) is 0. The van der Waals surface area contributed by atoms with Gasteiger partial charge in [-0.3, -0.25) is 4.79 Å². The largest absolute Gasteiger partial charge is 0.300 e. The molecular weight excluding hydrogens is 136 g/mol. The maximum absolute atomic E-state index is 11.2. The second kappa shape index (κ2) is 3.38. The molecule has 1 rings (SSSR count). The first-order valence-electron chi connectivity index (χ1n) is 4.61. The number of carbonyl (C=O) groups is 1. The molecule has 64 valence electrons. The molecule has 0 spiro atoms. The average molecular weight is 154 g/mol. The Balaban J connectivity index is 2.54. The molecule has 11 heavy (non-hydrogen) atoms. The Morgan fingerprint density at radius 3 is 2.36 bits per heavy atom. The van der Waals surface area contributed by atoms with Crippen LogP contribution in [0.4, 0.5) is 0 Å². The van der Waals surface area contributed by atoms with Gasteiger partial charge in [-0.2, -0.15) is 0 Å². The van der Waals surface area contributed by atoms with Gasteiger partial charge >= 0.3 is 0 Å². The van der Waals surface area contributed by atoms with Crippen LogP contribution in [-0.4, -0.2) is 5.78 Å². The summed E-state index contributed by atoms with van der Waals surface area (Å²) in [6.45, 7) is 6.19. The maximum Gasteiger partial charge on any atom is 0.133 e. The van der Waals surface area contributed by atoms with E-state index in [0.717, 1.165) is 12.3 Å². The van der Waals surface area contributed by atoms with Crippen molar-refractivity contribution in [3.8, 4) is 0 Å². The number of rotatable bonds is 1. The van der Waals surface area contributed by atoms with Crippen LogP contribution in [0, 0.1) is 17.8 Å². The van der Waals surface area contributed by atoms with Crippen LogP contribution in [0.25, 0.3) is 0 Å². The fourth-order valence-corrected chi connectivity index (χ4v) is 2.10. The van der Waals surface area contributed by atoms with E-state index in [0.29, 0.717) is 17.6 Å². The van der Waals surface area contributed by atoms with Crippen LogP contribution >= 0.6 is 0 Å². The van der Waals surface area contributed by atoms with Crippen molar-refractivity contribution in [2.45, 2.75) is 40.0 Å². The van der Waals surface area contributed by atoms with Crippen LogP contribution in [0.2, 0.25) is 0 Å². The van der Waals surface area contributed by atoms with Crippen molar-refractivity contribution >= 4 is 5.78 Å². The molecule has 3 atom stereocenters. The van der Waals surface area contributed by atoms with Gasteiger partial charge in [0, 0.05) is 5.92 Å². The van der Waals surface area contributed by atoms with Gasteiger partial charge < -0.3 is 0 Å². The fraction of sp³-hybridized carbons (Fsp3) is 0.900. The van der Waals surface area contributed by atoms with Gasteiger partial charge in [-0.15, -0.1) is 0 Å². The van der Waals surface area contributed by atoms with Crippen molar-refractivity contribution in [2.75, 3.05) is 0 Å². The average Bonchev–Trinajstić information content (AvgIpc) is 1.94. The minimum absolute atomic E-state index is 0.360. The highest BCUT2D eigenvalue weighted by atomic mass is 16.1. The van der Waals surface area contributed by atoms with Crippen LogP contribution in [0.3, 0.4) is 0 Å². The topological polar surface area (TPSA) is 17.1 Å². The zero-order chi connectivity index (χ0) is 8.43.